The predicted molar refractivity (Wildman–Crippen MR) is 64.1 cm³/mol. The zero-order chi connectivity index (χ0) is 12.3. The molecule has 0 unspecified atom stereocenters. The Morgan fingerprint density at radius 3 is 2.65 bits per heavy atom. The van der Waals surface area contributed by atoms with Crippen LogP contribution in [0.25, 0.3) is 5.69 Å². The molecule has 0 fully saturated rings. The summed E-state index contributed by atoms with van der Waals surface area (Å²) in [5.41, 5.74) is 1.32. The van der Waals surface area contributed by atoms with Crippen LogP contribution in [0, 0.1) is 0 Å². The molecule has 0 amide bonds. The van der Waals surface area contributed by atoms with Crippen molar-refractivity contribution in [2.24, 2.45) is 0 Å². The normalized spacial score (nSPS) is 10.5. The summed E-state index contributed by atoms with van der Waals surface area (Å²) in [6.45, 7) is 3.64. The number of hydrogen-bond acceptors (Lipinski definition) is 3. The fourth-order valence-corrected chi connectivity index (χ4v) is 1.51. The highest BCUT2D eigenvalue weighted by molar-refractivity contribution is 5.88. The Balaban J connectivity index is 2.32. The van der Waals surface area contributed by atoms with E-state index in [1.54, 1.807) is 10.9 Å². The van der Waals surface area contributed by atoms with E-state index < -0.39 is 0 Å². The van der Waals surface area contributed by atoms with Crippen molar-refractivity contribution in [3.05, 3.63) is 48.5 Å². The minimum absolute atomic E-state index is 0.137. The van der Waals surface area contributed by atoms with Crippen LogP contribution in [0.2, 0.25) is 0 Å². The molecule has 0 radical (unpaired) electrons. The van der Waals surface area contributed by atoms with Crippen LogP contribution in [0.1, 0.15) is 24.3 Å². The van der Waals surface area contributed by atoms with Crippen molar-refractivity contribution in [3.63, 3.8) is 0 Å². The van der Waals surface area contributed by atoms with Crippen molar-refractivity contribution >= 4 is 5.97 Å². The van der Waals surface area contributed by atoms with E-state index in [0.29, 0.717) is 5.69 Å². The molecule has 0 aliphatic heterocycles. The molecule has 0 N–H and O–H groups in total. The van der Waals surface area contributed by atoms with Crippen LogP contribution in [-0.4, -0.2) is 21.6 Å². The molecular weight excluding hydrogens is 216 g/mol. The molecule has 0 aliphatic rings. The average Bonchev–Trinajstić information content (AvgIpc) is 2.78. The van der Waals surface area contributed by atoms with Crippen molar-refractivity contribution in [1.29, 1.82) is 0 Å². The molecule has 88 valence electrons. The summed E-state index contributed by atoms with van der Waals surface area (Å²) in [7, 11) is 0. The van der Waals surface area contributed by atoms with Gasteiger partial charge in [0.15, 0.2) is 5.69 Å². The van der Waals surface area contributed by atoms with E-state index >= 15 is 0 Å². The van der Waals surface area contributed by atoms with Gasteiger partial charge >= 0.3 is 5.97 Å². The highest BCUT2D eigenvalue weighted by Gasteiger charge is 2.15. The minimum Gasteiger partial charge on any atom is -0.458 e. The lowest BCUT2D eigenvalue weighted by molar-refractivity contribution is 0.0368. The van der Waals surface area contributed by atoms with Gasteiger partial charge in [0.2, 0.25) is 0 Å². The molecule has 0 atom stereocenters. The number of ether oxygens (including phenoxy) is 1. The van der Waals surface area contributed by atoms with Gasteiger partial charge in [-0.25, -0.2) is 9.78 Å². The van der Waals surface area contributed by atoms with E-state index in [1.165, 1.54) is 6.20 Å². The largest absolute Gasteiger partial charge is 0.458 e. The third-order valence-corrected chi connectivity index (χ3v) is 2.22. The zero-order valence-corrected chi connectivity index (χ0v) is 9.83. The number of carbonyl (C=O) groups is 1. The van der Waals surface area contributed by atoms with Crippen LogP contribution in [0.4, 0.5) is 0 Å². The lowest BCUT2D eigenvalue weighted by atomic mass is 10.3. The highest BCUT2D eigenvalue weighted by Crippen LogP contribution is 2.12. The Kier molecular flexibility index (Phi) is 3.23. The molecule has 0 saturated carbocycles. The number of carbonyl (C=O) groups excluding carboxylic acids is 1. The highest BCUT2D eigenvalue weighted by atomic mass is 16.5. The smallest absolute Gasteiger partial charge is 0.357 e. The third-order valence-electron chi connectivity index (χ3n) is 2.22. The molecule has 1 aromatic carbocycles. The van der Waals surface area contributed by atoms with Crippen molar-refractivity contribution in [2.45, 2.75) is 20.0 Å². The average molecular weight is 230 g/mol. The van der Waals surface area contributed by atoms with Crippen molar-refractivity contribution in [3.8, 4) is 5.69 Å². The number of para-hydroxylation sites is 1. The zero-order valence-electron chi connectivity index (χ0n) is 9.83. The van der Waals surface area contributed by atoms with Crippen LogP contribution < -0.4 is 0 Å². The van der Waals surface area contributed by atoms with Gasteiger partial charge in [0.05, 0.1) is 18.6 Å². The van der Waals surface area contributed by atoms with Gasteiger partial charge in [-0.3, -0.25) is 4.57 Å². The molecule has 2 rings (SSSR count). The lowest BCUT2D eigenvalue weighted by Gasteiger charge is -2.10. The number of benzene rings is 1. The minimum atomic E-state index is -0.360. The Hall–Kier alpha value is -2.10. The molecule has 2 aromatic rings. The van der Waals surface area contributed by atoms with Gasteiger partial charge in [0.1, 0.15) is 0 Å². The fraction of sp³-hybridized carbons (Fsp3) is 0.231. The van der Waals surface area contributed by atoms with Crippen LogP contribution in [-0.2, 0) is 4.74 Å². The van der Waals surface area contributed by atoms with E-state index in [9.17, 15) is 4.79 Å². The van der Waals surface area contributed by atoms with Crippen molar-refractivity contribution in [1.82, 2.24) is 9.55 Å². The van der Waals surface area contributed by atoms with Crippen LogP contribution >= 0.6 is 0 Å². The fourth-order valence-electron chi connectivity index (χ4n) is 1.51. The summed E-state index contributed by atoms with van der Waals surface area (Å²) < 4.78 is 6.87. The Labute approximate surface area is 99.9 Å². The van der Waals surface area contributed by atoms with Crippen LogP contribution in [0.3, 0.4) is 0 Å². The van der Waals surface area contributed by atoms with E-state index in [-0.39, 0.29) is 12.1 Å². The summed E-state index contributed by atoms with van der Waals surface area (Å²) in [4.78, 5) is 15.8. The molecule has 4 heteroatoms. The lowest BCUT2D eigenvalue weighted by Crippen LogP contribution is -2.15. The second kappa shape index (κ2) is 4.82. The van der Waals surface area contributed by atoms with Crippen molar-refractivity contribution in [2.75, 3.05) is 0 Å². The second-order valence-corrected chi connectivity index (χ2v) is 3.94. The maximum absolute atomic E-state index is 11.8. The van der Waals surface area contributed by atoms with Gasteiger partial charge in [-0.1, -0.05) is 18.2 Å². The van der Waals surface area contributed by atoms with E-state index in [0.717, 1.165) is 5.69 Å². The monoisotopic (exact) mass is 230 g/mol. The van der Waals surface area contributed by atoms with Gasteiger partial charge in [-0.05, 0) is 26.0 Å². The maximum Gasteiger partial charge on any atom is 0.357 e. The number of aromatic nitrogens is 2. The molecule has 4 nitrogen and oxygen atoms in total. The summed E-state index contributed by atoms with van der Waals surface area (Å²) in [5, 5.41) is 0. The number of esters is 1. The Morgan fingerprint density at radius 2 is 2.00 bits per heavy atom. The van der Waals surface area contributed by atoms with Gasteiger partial charge in [0.25, 0.3) is 0 Å². The quantitative estimate of drug-likeness (QED) is 0.761. The summed E-state index contributed by atoms with van der Waals surface area (Å²) >= 11 is 0. The number of hydrogen-bond donors (Lipinski definition) is 0. The number of nitrogens with zero attached hydrogens (tertiary/aromatic N) is 2. The maximum atomic E-state index is 11.8. The first-order valence-electron chi connectivity index (χ1n) is 5.47. The van der Waals surface area contributed by atoms with Gasteiger partial charge < -0.3 is 4.74 Å². The Morgan fingerprint density at radius 1 is 1.29 bits per heavy atom. The molecule has 1 heterocycles. The molecule has 0 spiro atoms. The molecule has 17 heavy (non-hydrogen) atoms. The van der Waals surface area contributed by atoms with E-state index in [2.05, 4.69) is 4.98 Å². The van der Waals surface area contributed by atoms with Gasteiger partial charge in [0, 0.05) is 5.69 Å². The van der Waals surface area contributed by atoms with Gasteiger partial charge in [-0.15, -0.1) is 0 Å². The third kappa shape index (κ3) is 2.53. The SMILES string of the molecule is CC(C)OC(=O)c1cncn1-c1ccccc1. The Bertz CT molecular complexity index is 503. The summed E-state index contributed by atoms with van der Waals surface area (Å²) in [5.74, 6) is -0.360. The van der Waals surface area contributed by atoms with Crippen molar-refractivity contribution < 1.29 is 9.53 Å². The predicted octanol–water partition coefficient (Wildman–Crippen LogP) is 2.44. The van der Waals surface area contributed by atoms with Crippen LogP contribution in [0.5, 0.6) is 0 Å². The molecule has 0 saturated heterocycles. The molecule has 1 aromatic heterocycles. The first-order valence-corrected chi connectivity index (χ1v) is 5.47. The number of imidazole rings is 1. The molecule has 0 bridgehead atoms. The molecule has 0 aliphatic carbocycles. The first-order chi connectivity index (χ1) is 8.18. The molecular formula is C13H14N2O2. The standard InChI is InChI=1S/C13H14N2O2/c1-10(2)17-13(16)12-8-14-9-15(12)11-6-4-3-5-7-11/h3-10H,1-2H3. The topological polar surface area (TPSA) is 44.1 Å². The van der Waals surface area contributed by atoms with Crippen LogP contribution in [0.15, 0.2) is 42.9 Å². The second-order valence-electron chi connectivity index (χ2n) is 3.94. The van der Waals surface area contributed by atoms with E-state index in [1.807, 2.05) is 44.2 Å². The summed E-state index contributed by atoms with van der Waals surface area (Å²) in [6.07, 6.45) is 2.98. The first kappa shape index (κ1) is 11.4. The van der Waals surface area contributed by atoms with E-state index in [4.69, 9.17) is 4.74 Å². The number of rotatable bonds is 3. The summed E-state index contributed by atoms with van der Waals surface area (Å²) in [6, 6.07) is 9.56. The van der Waals surface area contributed by atoms with Gasteiger partial charge in [-0.2, -0.15) is 0 Å².